The van der Waals surface area contributed by atoms with Crippen molar-refractivity contribution >= 4 is 11.8 Å². The number of hydrogen-bond acceptors (Lipinski definition) is 4. The summed E-state index contributed by atoms with van der Waals surface area (Å²) < 4.78 is 25.2. The van der Waals surface area contributed by atoms with Gasteiger partial charge in [-0.15, -0.1) is 0 Å². The van der Waals surface area contributed by atoms with Crippen molar-refractivity contribution in [3.8, 4) is 5.75 Å². The Labute approximate surface area is 233 Å². The van der Waals surface area contributed by atoms with Crippen LogP contribution in [-0.4, -0.2) is 23.3 Å². The summed E-state index contributed by atoms with van der Waals surface area (Å²) >= 11 is 0. The number of benzene rings is 3. The van der Waals surface area contributed by atoms with Crippen LogP contribution in [0.4, 0.5) is 4.39 Å². The van der Waals surface area contributed by atoms with Gasteiger partial charge < -0.3 is 19.4 Å². The van der Waals surface area contributed by atoms with E-state index < -0.39 is 11.3 Å². The summed E-state index contributed by atoms with van der Waals surface area (Å²) in [5.41, 5.74) is 3.45. The van der Waals surface area contributed by atoms with Gasteiger partial charge in [0, 0.05) is 18.5 Å². The highest BCUT2D eigenvalue weighted by Gasteiger charge is 2.37. The second-order valence-corrected chi connectivity index (χ2v) is 11.0. The standard InChI is InChI=1S/C33H33FN2O4/c1-33(2,3)32(38)36-17-16-23-12-13-26(19-28(23)30(36)24-9-5-4-6-10-24)39-21-27-14-15-29(40-27)31(37)35-20-22-8-7-11-25(34)18-22/h4-15,18-19,30H,16-17,20-21H2,1-3H3,(H,35,37)/t30-/m1/s1. The highest BCUT2D eigenvalue weighted by molar-refractivity contribution is 5.91. The Kier molecular flexibility index (Phi) is 7.74. The molecule has 1 atom stereocenters. The van der Waals surface area contributed by atoms with Gasteiger partial charge in [0.2, 0.25) is 5.91 Å². The van der Waals surface area contributed by atoms with Crippen molar-refractivity contribution in [3.63, 3.8) is 0 Å². The summed E-state index contributed by atoms with van der Waals surface area (Å²) in [4.78, 5) is 27.9. The lowest BCUT2D eigenvalue weighted by molar-refractivity contribution is -0.141. The molecule has 3 aromatic carbocycles. The first-order chi connectivity index (χ1) is 19.2. The number of halogens is 1. The number of ether oxygens (including phenoxy) is 1. The van der Waals surface area contributed by atoms with E-state index in [1.54, 1.807) is 24.3 Å². The van der Waals surface area contributed by atoms with Crippen LogP contribution in [0.2, 0.25) is 0 Å². The Morgan fingerprint density at radius 2 is 1.80 bits per heavy atom. The maximum atomic E-state index is 13.4. The summed E-state index contributed by atoms with van der Waals surface area (Å²) in [6.07, 6.45) is 0.771. The largest absolute Gasteiger partial charge is 0.486 e. The molecule has 2 amide bonds. The van der Waals surface area contributed by atoms with E-state index in [0.717, 1.165) is 17.5 Å². The minimum atomic E-state index is -0.501. The Bertz CT molecular complexity index is 1510. The van der Waals surface area contributed by atoms with Crippen molar-refractivity contribution in [2.75, 3.05) is 6.54 Å². The molecule has 0 aliphatic carbocycles. The Balaban J connectivity index is 1.30. The summed E-state index contributed by atoms with van der Waals surface area (Å²) in [5, 5.41) is 2.74. The first-order valence-corrected chi connectivity index (χ1v) is 13.4. The van der Waals surface area contributed by atoms with E-state index in [0.29, 0.717) is 23.6 Å². The zero-order valence-corrected chi connectivity index (χ0v) is 22.9. The Morgan fingerprint density at radius 3 is 2.55 bits per heavy atom. The maximum absolute atomic E-state index is 13.4. The molecular weight excluding hydrogens is 507 g/mol. The third-order valence-electron chi connectivity index (χ3n) is 6.97. The molecule has 0 unspecified atom stereocenters. The lowest BCUT2D eigenvalue weighted by atomic mass is 9.85. The lowest BCUT2D eigenvalue weighted by Gasteiger charge is -2.41. The third-order valence-corrected chi connectivity index (χ3v) is 6.97. The van der Waals surface area contributed by atoms with Crippen molar-refractivity contribution in [1.29, 1.82) is 0 Å². The highest BCUT2D eigenvalue weighted by atomic mass is 19.1. The highest BCUT2D eigenvalue weighted by Crippen LogP contribution is 2.39. The molecule has 5 rings (SSSR count). The van der Waals surface area contributed by atoms with Crippen molar-refractivity contribution in [3.05, 3.63) is 125 Å². The summed E-state index contributed by atoms with van der Waals surface area (Å²) in [6, 6.07) is 25.2. The first-order valence-electron chi connectivity index (χ1n) is 13.4. The molecule has 7 heteroatoms. The molecule has 0 radical (unpaired) electrons. The number of nitrogens with zero attached hydrogens (tertiary/aromatic N) is 1. The van der Waals surface area contributed by atoms with Gasteiger partial charge in [-0.1, -0.05) is 69.3 Å². The molecule has 1 aliphatic heterocycles. The van der Waals surface area contributed by atoms with Crippen molar-refractivity contribution < 1.29 is 23.1 Å². The van der Waals surface area contributed by atoms with Crippen LogP contribution in [0.1, 0.15) is 65.4 Å². The molecule has 0 fully saturated rings. The molecule has 206 valence electrons. The average molecular weight is 541 g/mol. The predicted molar refractivity (Wildman–Crippen MR) is 150 cm³/mol. The number of fused-ring (bicyclic) bond motifs is 1. The van der Waals surface area contributed by atoms with Crippen molar-refractivity contribution in [1.82, 2.24) is 10.2 Å². The fourth-order valence-electron chi connectivity index (χ4n) is 4.98. The molecule has 40 heavy (non-hydrogen) atoms. The van der Waals surface area contributed by atoms with E-state index in [1.165, 1.54) is 17.7 Å². The van der Waals surface area contributed by atoms with Crippen LogP contribution >= 0.6 is 0 Å². The molecule has 4 aromatic rings. The number of furan rings is 1. The first kappa shape index (κ1) is 27.2. The molecule has 0 bridgehead atoms. The van der Waals surface area contributed by atoms with E-state index in [1.807, 2.05) is 56.0 Å². The molecule has 1 aromatic heterocycles. The van der Waals surface area contributed by atoms with E-state index in [2.05, 4.69) is 23.5 Å². The minimum Gasteiger partial charge on any atom is -0.486 e. The van der Waals surface area contributed by atoms with Gasteiger partial charge in [0.05, 0.1) is 6.04 Å². The molecule has 1 aliphatic rings. The fourth-order valence-corrected chi connectivity index (χ4v) is 4.98. The SMILES string of the molecule is CC(C)(C)C(=O)N1CCc2ccc(OCc3ccc(C(=O)NCc4cccc(F)c4)o3)cc2[C@H]1c1ccccc1. The van der Waals surface area contributed by atoms with E-state index >= 15 is 0 Å². The van der Waals surface area contributed by atoms with Crippen LogP contribution in [0.25, 0.3) is 0 Å². The quantitative estimate of drug-likeness (QED) is 0.293. The number of nitrogens with one attached hydrogen (secondary N) is 1. The molecule has 0 saturated carbocycles. The van der Waals surface area contributed by atoms with Gasteiger partial charge >= 0.3 is 0 Å². The number of carbonyl (C=O) groups is 2. The van der Waals surface area contributed by atoms with Crippen molar-refractivity contribution in [2.24, 2.45) is 5.41 Å². The van der Waals surface area contributed by atoms with Gasteiger partial charge in [-0.25, -0.2) is 4.39 Å². The van der Waals surface area contributed by atoms with Crippen LogP contribution in [0, 0.1) is 11.2 Å². The van der Waals surface area contributed by atoms with Crippen LogP contribution in [-0.2, 0) is 24.4 Å². The molecule has 0 spiro atoms. The fraction of sp³-hybridized carbons (Fsp3) is 0.273. The lowest BCUT2D eigenvalue weighted by Crippen LogP contribution is -2.45. The molecule has 0 saturated heterocycles. The maximum Gasteiger partial charge on any atom is 0.287 e. The number of carbonyl (C=O) groups excluding carboxylic acids is 2. The third kappa shape index (κ3) is 6.09. The van der Waals surface area contributed by atoms with E-state index in [4.69, 9.17) is 9.15 Å². The molecule has 2 heterocycles. The second-order valence-electron chi connectivity index (χ2n) is 11.0. The Morgan fingerprint density at radius 1 is 1.00 bits per heavy atom. The molecule has 1 N–H and O–H groups in total. The zero-order chi connectivity index (χ0) is 28.3. The number of amides is 2. The molecular formula is C33H33FN2O4. The average Bonchev–Trinajstić information content (AvgIpc) is 3.43. The van der Waals surface area contributed by atoms with Gasteiger partial charge in [-0.05, 0) is 65.1 Å². The van der Waals surface area contributed by atoms with Crippen LogP contribution in [0.5, 0.6) is 5.75 Å². The summed E-state index contributed by atoms with van der Waals surface area (Å²) in [5.74, 6) is 0.669. The minimum absolute atomic E-state index is 0.108. The van der Waals surface area contributed by atoms with Crippen LogP contribution in [0.3, 0.4) is 0 Å². The van der Waals surface area contributed by atoms with E-state index in [9.17, 15) is 14.0 Å². The topological polar surface area (TPSA) is 71.8 Å². The second kappa shape index (κ2) is 11.4. The van der Waals surface area contributed by atoms with Gasteiger partial charge in [0.25, 0.3) is 5.91 Å². The number of rotatable bonds is 7. The monoisotopic (exact) mass is 540 g/mol. The van der Waals surface area contributed by atoms with Gasteiger partial charge in [0.15, 0.2) is 5.76 Å². The summed E-state index contributed by atoms with van der Waals surface area (Å²) in [7, 11) is 0. The smallest absolute Gasteiger partial charge is 0.287 e. The van der Waals surface area contributed by atoms with Crippen molar-refractivity contribution in [2.45, 2.75) is 46.4 Å². The van der Waals surface area contributed by atoms with E-state index in [-0.39, 0.29) is 36.7 Å². The van der Waals surface area contributed by atoms with Gasteiger partial charge in [-0.3, -0.25) is 9.59 Å². The molecule has 6 nitrogen and oxygen atoms in total. The van der Waals surface area contributed by atoms with Crippen LogP contribution < -0.4 is 10.1 Å². The Hall–Kier alpha value is -4.39. The zero-order valence-electron chi connectivity index (χ0n) is 22.9. The predicted octanol–water partition coefficient (Wildman–Crippen LogP) is 6.45. The number of hydrogen-bond donors (Lipinski definition) is 1. The summed E-state index contributed by atoms with van der Waals surface area (Å²) in [6.45, 7) is 6.83. The normalized spacial score (nSPS) is 14.9. The van der Waals surface area contributed by atoms with Crippen LogP contribution in [0.15, 0.2) is 89.3 Å². The van der Waals surface area contributed by atoms with Gasteiger partial charge in [-0.2, -0.15) is 0 Å². The van der Waals surface area contributed by atoms with Gasteiger partial charge in [0.1, 0.15) is 23.9 Å².